The minimum Gasteiger partial charge on any atom is -0.378 e. The van der Waals surface area contributed by atoms with Gasteiger partial charge in [-0.3, -0.25) is 9.48 Å². The van der Waals surface area contributed by atoms with E-state index in [4.69, 9.17) is 4.74 Å². The molecule has 1 aliphatic heterocycles. The third-order valence-electron chi connectivity index (χ3n) is 4.70. The molecule has 1 aliphatic rings. The van der Waals surface area contributed by atoms with E-state index in [2.05, 4.69) is 20.0 Å². The summed E-state index contributed by atoms with van der Waals surface area (Å²) in [4.78, 5) is 26.2. The van der Waals surface area contributed by atoms with Gasteiger partial charge in [-0.15, -0.1) is 0 Å². The highest BCUT2D eigenvalue weighted by Crippen LogP contribution is 2.25. The van der Waals surface area contributed by atoms with E-state index in [1.807, 2.05) is 44.3 Å². The first-order valence-electron chi connectivity index (χ1n) is 9.08. The van der Waals surface area contributed by atoms with E-state index < -0.39 is 0 Å². The monoisotopic (exact) mass is 366 g/mol. The average Bonchev–Trinajstić information content (AvgIpc) is 3.10. The number of benzene rings is 1. The van der Waals surface area contributed by atoms with Crippen molar-refractivity contribution in [2.24, 2.45) is 7.05 Å². The smallest absolute Gasteiger partial charge is 0.296 e. The number of amides is 1. The number of carbonyl (C=O) groups is 1. The van der Waals surface area contributed by atoms with Crippen LogP contribution in [0.4, 0.5) is 11.5 Å². The highest BCUT2D eigenvalue weighted by atomic mass is 16.5. The minimum atomic E-state index is -0.221. The zero-order valence-electron chi connectivity index (χ0n) is 15.5. The number of rotatable bonds is 4. The van der Waals surface area contributed by atoms with Crippen LogP contribution in [0.25, 0.3) is 11.0 Å². The molecule has 0 radical (unpaired) electrons. The molecule has 27 heavy (non-hydrogen) atoms. The van der Waals surface area contributed by atoms with Crippen LogP contribution in [0.5, 0.6) is 0 Å². The van der Waals surface area contributed by atoms with Crippen LogP contribution in [-0.4, -0.2) is 58.5 Å². The molecule has 140 valence electrons. The molecule has 0 N–H and O–H groups in total. The Balaban J connectivity index is 1.79. The normalized spacial score (nSPS) is 14.5. The molecule has 8 nitrogen and oxygen atoms in total. The molecule has 2 aromatic heterocycles. The third-order valence-corrected chi connectivity index (χ3v) is 4.70. The van der Waals surface area contributed by atoms with Gasteiger partial charge in [-0.05, 0) is 19.1 Å². The van der Waals surface area contributed by atoms with E-state index in [1.54, 1.807) is 15.8 Å². The van der Waals surface area contributed by atoms with E-state index in [0.29, 0.717) is 25.4 Å². The van der Waals surface area contributed by atoms with E-state index >= 15 is 0 Å². The third kappa shape index (κ3) is 3.23. The Morgan fingerprint density at radius 2 is 1.93 bits per heavy atom. The first kappa shape index (κ1) is 17.4. The summed E-state index contributed by atoms with van der Waals surface area (Å²) in [6.07, 6.45) is 1.75. The van der Waals surface area contributed by atoms with Gasteiger partial charge >= 0.3 is 0 Å². The van der Waals surface area contributed by atoms with Gasteiger partial charge in [0.25, 0.3) is 5.91 Å². The molecule has 4 rings (SSSR count). The number of hydrogen-bond donors (Lipinski definition) is 0. The van der Waals surface area contributed by atoms with E-state index in [0.717, 1.165) is 30.0 Å². The standard InChI is InChI=1S/C19H22N6O2/c1-3-25(14-7-5-4-6-8-14)19(26)16-21-17-15(13-20-23(17)2)18(22-16)24-9-11-27-12-10-24/h4-8,13H,3,9-12H2,1-2H3. The fourth-order valence-corrected chi connectivity index (χ4v) is 3.29. The number of carbonyl (C=O) groups excluding carboxylic acids is 1. The Labute approximate surface area is 157 Å². The Bertz CT molecular complexity index is 949. The molecule has 1 fully saturated rings. The van der Waals surface area contributed by atoms with Crippen molar-refractivity contribution >= 4 is 28.4 Å². The lowest BCUT2D eigenvalue weighted by Crippen LogP contribution is -2.38. The van der Waals surface area contributed by atoms with Gasteiger partial charge in [0, 0.05) is 32.4 Å². The molecule has 1 saturated heterocycles. The number of anilines is 2. The second-order valence-corrected chi connectivity index (χ2v) is 6.36. The SMILES string of the molecule is CCN(C(=O)c1nc(N2CCOCC2)c2cnn(C)c2n1)c1ccccc1. The molecule has 0 atom stereocenters. The predicted octanol–water partition coefficient (Wildman–Crippen LogP) is 1.87. The summed E-state index contributed by atoms with van der Waals surface area (Å²) in [7, 11) is 1.82. The second kappa shape index (κ2) is 7.32. The maximum absolute atomic E-state index is 13.2. The fourth-order valence-electron chi connectivity index (χ4n) is 3.29. The van der Waals surface area contributed by atoms with Gasteiger partial charge in [-0.25, -0.2) is 9.97 Å². The van der Waals surface area contributed by atoms with Crippen molar-refractivity contribution in [2.45, 2.75) is 6.92 Å². The summed E-state index contributed by atoms with van der Waals surface area (Å²) in [6.45, 7) is 5.20. The second-order valence-electron chi connectivity index (χ2n) is 6.36. The van der Waals surface area contributed by atoms with E-state index in [1.165, 1.54) is 0 Å². The van der Waals surface area contributed by atoms with Crippen molar-refractivity contribution in [1.82, 2.24) is 19.7 Å². The maximum Gasteiger partial charge on any atom is 0.296 e. The Morgan fingerprint density at radius 3 is 2.63 bits per heavy atom. The lowest BCUT2D eigenvalue weighted by Gasteiger charge is -2.28. The van der Waals surface area contributed by atoms with Crippen molar-refractivity contribution in [3.05, 3.63) is 42.4 Å². The molecular weight excluding hydrogens is 344 g/mol. The number of morpholine rings is 1. The quantitative estimate of drug-likeness (QED) is 0.702. The Kier molecular flexibility index (Phi) is 4.72. The van der Waals surface area contributed by atoms with Crippen LogP contribution in [-0.2, 0) is 11.8 Å². The zero-order valence-corrected chi connectivity index (χ0v) is 15.5. The largest absolute Gasteiger partial charge is 0.378 e. The Hall–Kier alpha value is -3.00. The molecule has 0 saturated carbocycles. The van der Waals surface area contributed by atoms with Gasteiger partial charge in [0.2, 0.25) is 5.82 Å². The number of ether oxygens (including phenoxy) is 1. The van der Waals surface area contributed by atoms with Crippen molar-refractivity contribution in [3.8, 4) is 0 Å². The van der Waals surface area contributed by atoms with Gasteiger partial charge in [-0.2, -0.15) is 5.10 Å². The number of hydrogen-bond acceptors (Lipinski definition) is 6. The number of aromatic nitrogens is 4. The lowest BCUT2D eigenvalue weighted by molar-refractivity contribution is 0.0978. The Morgan fingerprint density at radius 1 is 1.19 bits per heavy atom. The van der Waals surface area contributed by atoms with Gasteiger partial charge in [0.1, 0.15) is 5.82 Å². The molecule has 0 unspecified atom stereocenters. The molecule has 0 spiro atoms. The van der Waals surface area contributed by atoms with Crippen molar-refractivity contribution < 1.29 is 9.53 Å². The molecule has 1 amide bonds. The lowest BCUT2D eigenvalue weighted by atomic mass is 10.2. The zero-order chi connectivity index (χ0) is 18.8. The molecule has 0 bridgehead atoms. The topological polar surface area (TPSA) is 76.4 Å². The molecule has 1 aromatic carbocycles. The van der Waals surface area contributed by atoms with Crippen molar-refractivity contribution in [1.29, 1.82) is 0 Å². The highest BCUT2D eigenvalue weighted by molar-refractivity contribution is 6.05. The molecule has 3 heterocycles. The molecule has 0 aliphatic carbocycles. The first-order valence-corrected chi connectivity index (χ1v) is 9.08. The van der Waals surface area contributed by atoms with Gasteiger partial charge in [-0.1, -0.05) is 18.2 Å². The highest BCUT2D eigenvalue weighted by Gasteiger charge is 2.24. The summed E-state index contributed by atoms with van der Waals surface area (Å²) >= 11 is 0. The summed E-state index contributed by atoms with van der Waals surface area (Å²) < 4.78 is 7.13. The van der Waals surface area contributed by atoms with Crippen LogP contribution in [0.2, 0.25) is 0 Å². The van der Waals surface area contributed by atoms with Crippen LogP contribution in [0, 0.1) is 0 Å². The summed E-state index contributed by atoms with van der Waals surface area (Å²) in [6, 6.07) is 9.57. The average molecular weight is 366 g/mol. The van der Waals surface area contributed by atoms with Crippen LogP contribution in [0.1, 0.15) is 17.5 Å². The van der Waals surface area contributed by atoms with Crippen LogP contribution >= 0.6 is 0 Å². The fraction of sp³-hybridized carbons (Fsp3) is 0.368. The predicted molar refractivity (Wildman–Crippen MR) is 103 cm³/mol. The van der Waals surface area contributed by atoms with Gasteiger partial charge in [0.15, 0.2) is 5.65 Å². The summed E-state index contributed by atoms with van der Waals surface area (Å²) in [5, 5.41) is 5.15. The van der Waals surface area contributed by atoms with Gasteiger partial charge in [0.05, 0.1) is 24.8 Å². The van der Waals surface area contributed by atoms with Crippen molar-refractivity contribution in [3.63, 3.8) is 0 Å². The number of para-hydroxylation sites is 1. The molecule has 3 aromatic rings. The number of aryl methyl sites for hydroxylation is 1. The number of nitrogens with zero attached hydrogens (tertiary/aromatic N) is 6. The maximum atomic E-state index is 13.2. The summed E-state index contributed by atoms with van der Waals surface area (Å²) in [5.41, 5.74) is 1.48. The van der Waals surface area contributed by atoms with Crippen LogP contribution in [0.3, 0.4) is 0 Å². The van der Waals surface area contributed by atoms with Crippen LogP contribution in [0.15, 0.2) is 36.5 Å². The van der Waals surface area contributed by atoms with E-state index in [-0.39, 0.29) is 11.7 Å². The van der Waals surface area contributed by atoms with Crippen molar-refractivity contribution in [2.75, 3.05) is 42.6 Å². The van der Waals surface area contributed by atoms with Gasteiger partial charge < -0.3 is 14.5 Å². The molecule has 8 heteroatoms. The summed E-state index contributed by atoms with van der Waals surface area (Å²) in [5.74, 6) is 0.698. The number of fused-ring (bicyclic) bond motifs is 1. The van der Waals surface area contributed by atoms with E-state index in [9.17, 15) is 4.79 Å². The van der Waals surface area contributed by atoms with Crippen LogP contribution < -0.4 is 9.80 Å². The first-order chi connectivity index (χ1) is 13.2. The minimum absolute atomic E-state index is 0.179. The molecular formula is C19H22N6O2.